The lowest BCUT2D eigenvalue weighted by molar-refractivity contribution is -0.113. The van der Waals surface area contributed by atoms with Crippen molar-refractivity contribution in [1.29, 1.82) is 0 Å². The third-order valence-corrected chi connectivity index (χ3v) is 5.43. The molecular formula is C20H25N3OS. The Morgan fingerprint density at radius 1 is 1.04 bits per heavy atom. The number of carbonyl (C=O) groups excluding carboxylic acids is 1. The van der Waals surface area contributed by atoms with E-state index in [0.717, 1.165) is 42.4 Å². The molecule has 0 aromatic heterocycles. The molecule has 1 aliphatic heterocycles. The molecule has 1 N–H and O–H groups in total. The van der Waals surface area contributed by atoms with Gasteiger partial charge in [0, 0.05) is 31.1 Å². The fraction of sp³-hybridized carbons (Fsp3) is 0.350. The van der Waals surface area contributed by atoms with Crippen molar-refractivity contribution >= 4 is 29.0 Å². The third-order valence-electron chi connectivity index (χ3n) is 4.41. The fourth-order valence-electron chi connectivity index (χ4n) is 2.87. The molecule has 1 saturated heterocycles. The molecule has 0 unspecified atom stereocenters. The number of nitrogens with zero attached hydrogens (tertiary/aromatic N) is 2. The molecule has 1 fully saturated rings. The SMILES string of the molecule is Cc1ccc(SCC(=O)Nc2ccccc2N2CCN(C)CC2)cc1. The molecule has 0 saturated carbocycles. The van der Waals surface area contributed by atoms with E-state index < -0.39 is 0 Å². The molecule has 2 aromatic rings. The van der Waals surface area contributed by atoms with Crippen LogP contribution in [0.3, 0.4) is 0 Å². The van der Waals surface area contributed by atoms with Gasteiger partial charge in [0.05, 0.1) is 17.1 Å². The lowest BCUT2D eigenvalue weighted by Crippen LogP contribution is -2.44. The van der Waals surface area contributed by atoms with E-state index in [-0.39, 0.29) is 5.91 Å². The first-order chi connectivity index (χ1) is 12.1. The second kappa shape index (κ2) is 8.41. The number of rotatable bonds is 5. The van der Waals surface area contributed by atoms with Crippen LogP contribution in [0.1, 0.15) is 5.56 Å². The minimum Gasteiger partial charge on any atom is -0.367 e. The first-order valence-electron chi connectivity index (χ1n) is 8.63. The van der Waals surface area contributed by atoms with Crippen molar-refractivity contribution in [2.75, 3.05) is 49.2 Å². The lowest BCUT2D eigenvalue weighted by Gasteiger charge is -2.35. The van der Waals surface area contributed by atoms with Crippen LogP contribution in [0.25, 0.3) is 0 Å². The van der Waals surface area contributed by atoms with E-state index in [4.69, 9.17) is 0 Å². The highest BCUT2D eigenvalue weighted by Crippen LogP contribution is 2.27. The predicted octanol–water partition coefficient (Wildman–Crippen LogP) is 3.48. The normalized spacial score (nSPS) is 15.2. The zero-order valence-electron chi connectivity index (χ0n) is 14.9. The van der Waals surface area contributed by atoms with Gasteiger partial charge in [-0.2, -0.15) is 0 Å². The van der Waals surface area contributed by atoms with Crippen LogP contribution in [0.15, 0.2) is 53.4 Å². The summed E-state index contributed by atoms with van der Waals surface area (Å²) >= 11 is 1.57. The summed E-state index contributed by atoms with van der Waals surface area (Å²) in [5.74, 6) is 0.451. The van der Waals surface area contributed by atoms with Crippen LogP contribution in [0.4, 0.5) is 11.4 Å². The van der Waals surface area contributed by atoms with Gasteiger partial charge in [-0.25, -0.2) is 0 Å². The number of para-hydroxylation sites is 2. The van der Waals surface area contributed by atoms with Gasteiger partial charge in [0.1, 0.15) is 0 Å². The smallest absolute Gasteiger partial charge is 0.234 e. The molecule has 1 amide bonds. The van der Waals surface area contributed by atoms with Gasteiger partial charge in [-0.1, -0.05) is 29.8 Å². The average molecular weight is 356 g/mol. The average Bonchev–Trinajstić information content (AvgIpc) is 2.63. The molecule has 4 nitrogen and oxygen atoms in total. The molecule has 0 aliphatic carbocycles. The molecule has 132 valence electrons. The Hall–Kier alpha value is -1.98. The number of amides is 1. The molecule has 1 heterocycles. The number of anilines is 2. The number of carbonyl (C=O) groups is 1. The summed E-state index contributed by atoms with van der Waals surface area (Å²) in [4.78, 5) is 18.2. The minimum atomic E-state index is 0.0344. The van der Waals surface area contributed by atoms with Gasteiger partial charge in [0.15, 0.2) is 0 Å². The van der Waals surface area contributed by atoms with Crippen LogP contribution >= 0.6 is 11.8 Å². The number of nitrogens with one attached hydrogen (secondary N) is 1. The van der Waals surface area contributed by atoms with Gasteiger partial charge >= 0.3 is 0 Å². The van der Waals surface area contributed by atoms with E-state index in [1.54, 1.807) is 11.8 Å². The minimum absolute atomic E-state index is 0.0344. The molecule has 0 radical (unpaired) electrons. The maximum absolute atomic E-state index is 12.4. The molecule has 5 heteroatoms. The Balaban J connectivity index is 1.60. The van der Waals surface area contributed by atoms with Crippen LogP contribution in [0, 0.1) is 6.92 Å². The van der Waals surface area contributed by atoms with Crippen molar-refractivity contribution in [3.05, 3.63) is 54.1 Å². The number of hydrogen-bond donors (Lipinski definition) is 1. The summed E-state index contributed by atoms with van der Waals surface area (Å²) in [6.45, 7) is 6.14. The number of aryl methyl sites for hydroxylation is 1. The Kier molecular flexibility index (Phi) is 6.00. The van der Waals surface area contributed by atoms with Crippen LogP contribution in [0.2, 0.25) is 0 Å². The topological polar surface area (TPSA) is 35.6 Å². The van der Waals surface area contributed by atoms with Gasteiger partial charge in [-0.05, 0) is 38.2 Å². The molecule has 1 aliphatic rings. The number of thioether (sulfide) groups is 1. The van der Waals surface area contributed by atoms with Gasteiger partial charge in [-0.3, -0.25) is 4.79 Å². The largest absolute Gasteiger partial charge is 0.367 e. The van der Waals surface area contributed by atoms with Crippen LogP contribution in [-0.2, 0) is 4.79 Å². The monoisotopic (exact) mass is 355 g/mol. The Bertz CT molecular complexity index is 709. The summed E-state index contributed by atoms with van der Waals surface area (Å²) in [6.07, 6.45) is 0. The number of likely N-dealkylation sites (N-methyl/N-ethyl adjacent to an activating group) is 1. The summed E-state index contributed by atoms with van der Waals surface area (Å²) in [7, 11) is 2.15. The second-order valence-electron chi connectivity index (χ2n) is 6.46. The zero-order valence-corrected chi connectivity index (χ0v) is 15.7. The van der Waals surface area contributed by atoms with Crippen molar-refractivity contribution in [3.63, 3.8) is 0 Å². The number of hydrogen-bond acceptors (Lipinski definition) is 4. The zero-order chi connectivity index (χ0) is 17.6. The Morgan fingerprint density at radius 2 is 1.72 bits per heavy atom. The van der Waals surface area contributed by atoms with E-state index in [1.807, 2.05) is 18.2 Å². The first kappa shape index (κ1) is 17.8. The maximum atomic E-state index is 12.4. The highest BCUT2D eigenvalue weighted by molar-refractivity contribution is 8.00. The lowest BCUT2D eigenvalue weighted by atomic mass is 10.2. The predicted molar refractivity (Wildman–Crippen MR) is 107 cm³/mol. The van der Waals surface area contributed by atoms with Crippen LogP contribution in [0.5, 0.6) is 0 Å². The standard InChI is InChI=1S/C20H25N3OS/c1-16-7-9-17(10-8-16)25-15-20(24)21-18-5-3-4-6-19(18)23-13-11-22(2)12-14-23/h3-10H,11-15H2,1-2H3,(H,21,24). The quantitative estimate of drug-likeness (QED) is 0.833. The highest BCUT2D eigenvalue weighted by Gasteiger charge is 2.17. The van der Waals surface area contributed by atoms with Gasteiger partial charge in [-0.15, -0.1) is 11.8 Å². The fourth-order valence-corrected chi connectivity index (χ4v) is 3.57. The highest BCUT2D eigenvalue weighted by atomic mass is 32.2. The number of piperazine rings is 1. The first-order valence-corrected chi connectivity index (χ1v) is 9.62. The van der Waals surface area contributed by atoms with Crippen molar-refractivity contribution < 1.29 is 4.79 Å². The summed E-state index contributed by atoms with van der Waals surface area (Å²) in [6, 6.07) is 16.4. The van der Waals surface area contributed by atoms with E-state index in [0.29, 0.717) is 5.75 Å². The van der Waals surface area contributed by atoms with Gasteiger partial charge < -0.3 is 15.1 Å². The molecule has 0 atom stereocenters. The third kappa shape index (κ3) is 5.00. The Labute approximate surface area is 154 Å². The van der Waals surface area contributed by atoms with E-state index in [1.165, 1.54) is 5.56 Å². The van der Waals surface area contributed by atoms with E-state index in [2.05, 4.69) is 59.4 Å². The van der Waals surface area contributed by atoms with Crippen molar-refractivity contribution in [2.24, 2.45) is 0 Å². The van der Waals surface area contributed by atoms with Gasteiger partial charge in [0.25, 0.3) is 0 Å². The molecule has 2 aromatic carbocycles. The molecule has 0 spiro atoms. The van der Waals surface area contributed by atoms with Gasteiger partial charge in [0.2, 0.25) is 5.91 Å². The van der Waals surface area contributed by atoms with Crippen LogP contribution in [-0.4, -0.2) is 49.8 Å². The molecular weight excluding hydrogens is 330 g/mol. The van der Waals surface area contributed by atoms with E-state index in [9.17, 15) is 4.79 Å². The molecule has 0 bridgehead atoms. The molecule has 3 rings (SSSR count). The molecule has 25 heavy (non-hydrogen) atoms. The summed E-state index contributed by atoms with van der Waals surface area (Å²) in [5, 5.41) is 3.09. The van der Waals surface area contributed by atoms with Crippen molar-refractivity contribution in [1.82, 2.24) is 4.90 Å². The van der Waals surface area contributed by atoms with Crippen molar-refractivity contribution in [3.8, 4) is 0 Å². The maximum Gasteiger partial charge on any atom is 0.234 e. The summed E-state index contributed by atoms with van der Waals surface area (Å²) < 4.78 is 0. The number of benzene rings is 2. The van der Waals surface area contributed by atoms with Crippen molar-refractivity contribution in [2.45, 2.75) is 11.8 Å². The Morgan fingerprint density at radius 3 is 2.44 bits per heavy atom. The van der Waals surface area contributed by atoms with Crippen LogP contribution < -0.4 is 10.2 Å². The van der Waals surface area contributed by atoms with E-state index >= 15 is 0 Å². The second-order valence-corrected chi connectivity index (χ2v) is 7.51. The summed E-state index contributed by atoms with van der Waals surface area (Å²) in [5.41, 5.74) is 3.25.